The molecule has 140 valence electrons. The zero-order chi connectivity index (χ0) is 20.1. The summed E-state index contributed by atoms with van der Waals surface area (Å²) >= 11 is 12.2. The largest absolute Gasteiger partial charge is 0.457 e. The molecule has 0 aliphatic rings. The Morgan fingerprint density at radius 1 is 1.14 bits per heavy atom. The molecule has 0 aliphatic carbocycles. The topological polar surface area (TPSA) is 66.0 Å². The molecule has 0 aliphatic heterocycles. The van der Waals surface area contributed by atoms with Crippen LogP contribution in [0.5, 0.6) is 0 Å². The Morgan fingerprint density at radius 2 is 1.89 bits per heavy atom. The van der Waals surface area contributed by atoms with Gasteiger partial charge in [0.05, 0.1) is 11.1 Å². The van der Waals surface area contributed by atoms with Crippen molar-refractivity contribution in [1.82, 2.24) is 5.32 Å². The zero-order valence-electron chi connectivity index (χ0n) is 14.9. The van der Waals surface area contributed by atoms with Gasteiger partial charge in [-0.25, -0.2) is 0 Å². The summed E-state index contributed by atoms with van der Waals surface area (Å²) in [4.78, 5) is 12.5. The number of halogens is 2. The number of nitrogens with one attached hydrogen (secondary N) is 1. The van der Waals surface area contributed by atoms with E-state index in [2.05, 4.69) is 5.32 Å². The maximum atomic E-state index is 12.5. The number of hydrogen-bond donors (Lipinski definition) is 1. The molecule has 0 unspecified atom stereocenters. The van der Waals surface area contributed by atoms with Gasteiger partial charge in [-0.2, -0.15) is 5.26 Å². The van der Waals surface area contributed by atoms with Crippen LogP contribution < -0.4 is 5.32 Å². The molecule has 3 rings (SSSR count). The van der Waals surface area contributed by atoms with E-state index in [4.69, 9.17) is 27.6 Å². The van der Waals surface area contributed by atoms with E-state index >= 15 is 0 Å². The minimum Gasteiger partial charge on any atom is -0.457 e. The lowest BCUT2D eigenvalue weighted by molar-refractivity contribution is -0.117. The lowest BCUT2D eigenvalue weighted by Crippen LogP contribution is -2.27. The van der Waals surface area contributed by atoms with Gasteiger partial charge < -0.3 is 9.73 Å². The molecule has 2 aromatic carbocycles. The van der Waals surface area contributed by atoms with Crippen LogP contribution in [0, 0.1) is 11.3 Å². The van der Waals surface area contributed by atoms with Gasteiger partial charge in [-0.3, -0.25) is 4.79 Å². The van der Waals surface area contributed by atoms with Crippen LogP contribution in [0.2, 0.25) is 10.0 Å². The van der Waals surface area contributed by atoms with Gasteiger partial charge in [0.2, 0.25) is 0 Å². The predicted octanol–water partition coefficient (Wildman–Crippen LogP) is 6.04. The third kappa shape index (κ3) is 4.64. The molecule has 6 heteroatoms. The van der Waals surface area contributed by atoms with Crippen molar-refractivity contribution in [3.05, 3.63) is 87.6 Å². The highest BCUT2D eigenvalue weighted by atomic mass is 35.5. The Bertz CT molecular complexity index is 1070. The number of rotatable bonds is 5. The molecule has 28 heavy (non-hydrogen) atoms. The zero-order valence-corrected chi connectivity index (χ0v) is 16.5. The molecule has 1 atom stereocenters. The van der Waals surface area contributed by atoms with E-state index < -0.39 is 5.91 Å². The number of hydrogen-bond acceptors (Lipinski definition) is 3. The van der Waals surface area contributed by atoms with E-state index in [9.17, 15) is 10.1 Å². The molecule has 0 spiro atoms. The standard InChI is InChI=1S/C22H16Cl2N2O2/c1-14(15-5-3-2-4-6-15)26-22(27)16(13-25)11-18-8-10-21(28-18)19-12-17(23)7-9-20(19)24/h2-12,14H,1H3,(H,26,27)/b16-11+/t14-/m1/s1. The first kappa shape index (κ1) is 19.8. The summed E-state index contributed by atoms with van der Waals surface area (Å²) in [6, 6.07) is 19.6. The fourth-order valence-corrected chi connectivity index (χ4v) is 3.03. The van der Waals surface area contributed by atoms with E-state index in [-0.39, 0.29) is 11.6 Å². The number of amides is 1. The first-order valence-electron chi connectivity index (χ1n) is 8.51. The summed E-state index contributed by atoms with van der Waals surface area (Å²) in [6.45, 7) is 1.86. The van der Waals surface area contributed by atoms with E-state index in [1.807, 2.05) is 43.3 Å². The Hall–Kier alpha value is -3.00. The number of benzene rings is 2. The number of carbonyl (C=O) groups excluding carboxylic acids is 1. The normalized spacial score (nSPS) is 12.3. The molecule has 3 aromatic rings. The number of nitrogens with zero attached hydrogens (tertiary/aromatic N) is 1. The Balaban J connectivity index is 1.79. The molecular formula is C22H16Cl2N2O2. The summed E-state index contributed by atoms with van der Waals surface area (Å²) in [5.41, 5.74) is 1.53. The maximum absolute atomic E-state index is 12.5. The van der Waals surface area contributed by atoms with Crippen molar-refractivity contribution in [2.75, 3.05) is 0 Å². The smallest absolute Gasteiger partial charge is 0.262 e. The van der Waals surface area contributed by atoms with E-state index in [1.54, 1.807) is 30.3 Å². The summed E-state index contributed by atoms with van der Waals surface area (Å²) in [7, 11) is 0. The van der Waals surface area contributed by atoms with Gasteiger partial charge in [0.15, 0.2) is 0 Å². The van der Waals surface area contributed by atoms with E-state index in [1.165, 1.54) is 6.08 Å². The van der Waals surface area contributed by atoms with Crippen molar-refractivity contribution in [3.8, 4) is 17.4 Å². The average Bonchev–Trinajstić information content (AvgIpc) is 3.17. The lowest BCUT2D eigenvalue weighted by Gasteiger charge is -2.13. The van der Waals surface area contributed by atoms with Crippen LogP contribution in [0.25, 0.3) is 17.4 Å². The van der Waals surface area contributed by atoms with Crippen LogP contribution in [0.15, 0.2) is 70.7 Å². The van der Waals surface area contributed by atoms with Gasteiger partial charge in [0.25, 0.3) is 5.91 Å². The number of furan rings is 1. The molecule has 1 heterocycles. The molecule has 0 saturated carbocycles. The van der Waals surface area contributed by atoms with Crippen molar-refractivity contribution in [1.29, 1.82) is 5.26 Å². The molecule has 1 N–H and O–H groups in total. The lowest BCUT2D eigenvalue weighted by atomic mass is 10.1. The fraction of sp³-hybridized carbons (Fsp3) is 0.0909. The Kier molecular flexibility index (Phi) is 6.20. The molecular weight excluding hydrogens is 395 g/mol. The quantitative estimate of drug-likeness (QED) is 0.411. The first-order chi connectivity index (χ1) is 13.5. The molecule has 0 radical (unpaired) electrons. The average molecular weight is 411 g/mol. The first-order valence-corrected chi connectivity index (χ1v) is 9.26. The maximum Gasteiger partial charge on any atom is 0.262 e. The Morgan fingerprint density at radius 3 is 2.61 bits per heavy atom. The third-order valence-corrected chi connectivity index (χ3v) is 4.68. The van der Waals surface area contributed by atoms with Gasteiger partial charge in [-0.1, -0.05) is 53.5 Å². The van der Waals surface area contributed by atoms with Crippen molar-refractivity contribution < 1.29 is 9.21 Å². The molecule has 1 amide bonds. The van der Waals surface area contributed by atoms with Gasteiger partial charge in [-0.15, -0.1) is 0 Å². The van der Waals surface area contributed by atoms with Crippen LogP contribution >= 0.6 is 23.2 Å². The Labute approximate surface area is 173 Å². The number of nitriles is 1. The number of carbonyl (C=O) groups is 1. The van der Waals surface area contributed by atoms with Crippen LogP contribution in [0.4, 0.5) is 0 Å². The highest BCUT2D eigenvalue weighted by molar-refractivity contribution is 6.35. The van der Waals surface area contributed by atoms with Crippen LogP contribution in [-0.2, 0) is 4.79 Å². The van der Waals surface area contributed by atoms with Crippen LogP contribution in [-0.4, -0.2) is 5.91 Å². The third-order valence-electron chi connectivity index (χ3n) is 4.12. The SMILES string of the molecule is C[C@@H](NC(=O)/C(C#N)=C/c1ccc(-c2cc(Cl)ccc2Cl)o1)c1ccccc1. The summed E-state index contributed by atoms with van der Waals surface area (Å²) in [6.07, 6.45) is 1.40. The van der Waals surface area contributed by atoms with Crippen LogP contribution in [0.3, 0.4) is 0 Å². The summed E-state index contributed by atoms with van der Waals surface area (Å²) in [5.74, 6) is 0.386. The second kappa shape index (κ2) is 8.79. The van der Waals surface area contributed by atoms with Crippen LogP contribution in [0.1, 0.15) is 24.3 Å². The van der Waals surface area contributed by atoms with Gasteiger partial charge in [-0.05, 0) is 42.8 Å². The fourth-order valence-electron chi connectivity index (χ4n) is 2.65. The van der Waals surface area contributed by atoms with Gasteiger partial charge >= 0.3 is 0 Å². The second-order valence-electron chi connectivity index (χ2n) is 6.10. The van der Waals surface area contributed by atoms with E-state index in [0.717, 1.165) is 5.56 Å². The summed E-state index contributed by atoms with van der Waals surface area (Å²) in [5, 5.41) is 13.2. The highest BCUT2D eigenvalue weighted by Crippen LogP contribution is 2.32. The molecule has 0 saturated heterocycles. The van der Waals surface area contributed by atoms with Crippen molar-refractivity contribution in [3.63, 3.8) is 0 Å². The molecule has 0 fully saturated rings. The van der Waals surface area contributed by atoms with Gasteiger partial charge in [0, 0.05) is 16.7 Å². The van der Waals surface area contributed by atoms with E-state index in [0.29, 0.717) is 27.1 Å². The monoisotopic (exact) mass is 410 g/mol. The minimum absolute atomic E-state index is 0.0547. The molecule has 1 aromatic heterocycles. The van der Waals surface area contributed by atoms with Crippen molar-refractivity contribution in [2.24, 2.45) is 0 Å². The van der Waals surface area contributed by atoms with Crippen molar-refractivity contribution in [2.45, 2.75) is 13.0 Å². The molecule has 4 nitrogen and oxygen atoms in total. The molecule has 0 bridgehead atoms. The van der Waals surface area contributed by atoms with Crippen molar-refractivity contribution >= 4 is 35.2 Å². The predicted molar refractivity (Wildman–Crippen MR) is 111 cm³/mol. The van der Waals surface area contributed by atoms with Gasteiger partial charge in [0.1, 0.15) is 23.2 Å². The summed E-state index contributed by atoms with van der Waals surface area (Å²) < 4.78 is 5.73. The minimum atomic E-state index is -0.474. The second-order valence-corrected chi connectivity index (χ2v) is 6.95. The highest BCUT2D eigenvalue weighted by Gasteiger charge is 2.15.